The molecule has 1 saturated heterocycles. The van der Waals surface area contributed by atoms with Crippen LogP contribution in [0.25, 0.3) is 0 Å². The Morgan fingerprint density at radius 1 is 1.39 bits per heavy atom. The molecule has 1 aliphatic carbocycles. The van der Waals surface area contributed by atoms with Crippen LogP contribution in [0, 0.1) is 5.92 Å². The Morgan fingerprint density at radius 3 is 2.94 bits per heavy atom. The van der Waals surface area contributed by atoms with Crippen LogP contribution < -0.4 is 0 Å². The zero-order chi connectivity index (χ0) is 12.7. The van der Waals surface area contributed by atoms with Gasteiger partial charge in [-0.05, 0) is 6.92 Å². The molecular formula is C13H12O5. The monoisotopic (exact) mass is 248 g/mol. The van der Waals surface area contributed by atoms with Crippen LogP contribution in [0.15, 0.2) is 35.6 Å². The summed E-state index contributed by atoms with van der Waals surface area (Å²) in [5.74, 6) is -0.831. The van der Waals surface area contributed by atoms with E-state index >= 15 is 0 Å². The van der Waals surface area contributed by atoms with Crippen LogP contribution in [0.2, 0.25) is 0 Å². The minimum Gasteiger partial charge on any atom is -0.458 e. The van der Waals surface area contributed by atoms with Gasteiger partial charge in [-0.1, -0.05) is 12.2 Å². The molecule has 18 heavy (non-hydrogen) atoms. The molecule has 5 heteroatoms. The molecule has 0 unspecified atom stereocenters. The van der Waals surface area contributed by atoms with Crippen LogP contribution >= 0.6 is 0 Å². The summed E-state index contributed by atoms with van der Waals surface area (Å²) in [6, 6.07) is 0. The van der Waals surface area contributed by atoms with Crippen molar-refractivity contribution in [1.29, 1.82) is 0 Å². The Bertz CT molecular complexity index is 500. The Hall–Kier alpha value is -2.04. The third-order valence-electron chi connectivity index (χ3n) is 3.22. The van der Waals surface area contributed by atoms with Crippen molar-refractivity contribution in [3.63, 3.8) is 0 Å². The van der Waals surface area contributed by atoms with Gasteiger partial charge in [0.1, 0.15) is 6.10 Å². The van der Waals surface area contributed by atoms with Crippen LogP contribution in [0.5, 0.6) is 0 Å². The van der Waals surface area contributed by atoms with E-state index in [0.29, 0.717) is 11.1 Å². The first kappa shape index (κ1) is 11.1. The van der Waals surface area contributed by atoms with Crippen LogP contribution in [0.1, 0.15) is 13.3 Å². The predicted octanol–water partition coefficient (Wildman–Crippen LogP) is 1.22. The van der Waals surface area contributed by atoms with Crippen LogP contribution in [0.4, 0.5) is 0 Å². The molecule has 1 fully saturated rings. The van der Waals surface area contributed by atoms with Gasteiger partial charge < -0.3 is 14.2 Å². The molecule has 0 radical (unpaired) electrons. The molecule has 0 aromatic rings. The van der Waals surface area contributed by atoms with Gasteiger partial charge in [0.2, 0.25) is 0 Å². The highest BCUT2D eigenvalue weighted by Crippen LogP contribution is 2.35. The first-order valence-electron chi connectivity index (χ1n) is 5.77. The fourth-order valence-corrected chi connectivity index (χ4v) is 2.28. The first-order valence-corrected chi connectivity index (χ1v) is 5.77. The van der Waals surface area contributed by atoms with Crippen LogP contribution in [-0.4, -0.2) is 24.3 Å². The number of rotatable bonds is 2. The fraction of sp³-hybridized carbons (Fsp3) is 0.385. The van der Waals surface area contributed by atoms with E-state index < -0.39 is 12.3 Å². The zero-order valence-electron chi connectivity index (χ0n) is 9.79. The van der Waals surface area contributed by atoms with Crippen molar-refractivity contribution in [2.24, 2.45) is 5.92 Å². The van der Waals surface area contributed by atoms with Crippen molar-refractivity contribution < 1.29 is 23.8 Å². The fourth-order valence-electron chi connectivity index (χ4n) is 2.28. The van der Waals surface area contributed by atoms with Crippen molar-refractivity contribution in [3.05, 3.63) is 35.6 Å². The third kappa shape index (κ3) is 1.72. The summed E-state index contributed by atoms with van der Waals surface area (Å²) < 4.78 is 15.4. The Labute approximate surface area is 104 Å². The standard InChI is InChI=1S/C13H12O5/c1-7-5-11(14)18-13(7)16-6-9-8-3-2-4-10(8)17-12(9)15/h2-3,5-6,8,10,13H,4H2,1H3/b9-6+/t8-,10-,13-/m0/s1. The molecule has 94 valence electrons. The molecule has 2 heterocycles. The highest BCUT2D eigenvalue weighted by Gasteiger charge is 2.40. The van der Waals surface area contributed by atoms with Gasteiger partial charge in [0.05, 0.1) is 11.8 Å². The van der Waals surface area contributed by atoms with E-state index in [-0.39, 0.29) is 18.0 Å². The molecule has 0 bridgehead atoms. The van der Waals surface area contributed by atoms with E-state index in [9.17, 15) is 9.59 Å². The van der Waals surface area contributed by atoms with Gasteiger partial charge in [0.15, 0.2) is 0 Å². The van der Waals surface area contributed by atoms with Gasteiger partial charge in [-0.15, -0.1) is 0 Å². The molecule has 2 aliphatic heterocycles. The van der Waals surface area contributed by atoms with Gasteiger partial charge in [-0.25, -0.2) is 9.59 Å². The maximum absolute atomic E-state index is 11.6. The second-order valence-corrected chi connectivity index (χ2v) is 4.50. The highest BCUT2D eigenvalue weighted by atomic mass is 16.7. The van der Waals surface area contributed by atoms with E-state index in [2.05, 4.69) is 0 Å². The van der Waals surface area contributed by atoms with Crippen molar-refractivity contribution in [3.8, 4) is 0 Å². The Morgan fingerprint density at radius 2 is 2.22 bits per heavy atom. The first-order chi connectivity index (χ1) is 8.65. The smallest absolute Gasteiger partial charge is 0.338 e. The van der Waals surface area contributed by atoms with Crippen LogP contribution in [-0.2, 0) is 23.8 Å². The SMILES string of the molecule is CC1=CC(=O)O[C@@H]1O/C=C1/C(=O)O[C@H]2CC=C[C@@H]12. The molecule has 0 aromatic carbocycles. The molecule has 0 saturated carbocycles. The molecule has 3 rings (SSSR count). The summed E-state index contributed by atoms with van der Waals surface area (Å²) in [5.41, 5.74) is 1.16. The number of carbonyl (C=O) groups is 2. The lowest BCUT2D eigenvalue weighted by Gasteiger charge is -2.11. The lowest BCUT2D eigenvalue weighted by atomic mass is 10.0. The summed E-state index contributed by atoms with van der Waals surface area (Å²) in [6.07, 6.45) is 6.55. The van der Waals surface area contributed by atoms with Crippen molar-refractivity contribution in [2.75, 3.05) is 0 Å². The minimum atomic E-state index is -0.734. The number of fused-ring (bicyclic) bond motifs is 1. The summed E-state index contributed by atoms with van der Waals surface area (Å²) in [5, 5.41) is 0. The number of esters is 2. The van der Waals surface area contributed by atoms with Crippen molar-refractivity contribution in [1.82, 2.24) is 0 Å². The quantitative estimate of drug-likeness (QED) is 0.318. The molecule has 0 aromatic heterocycles. The average molecular weight is 248 g/mol. The number of ether oxygens (including phenoxy) is 3. The summed E-state index contributed by atoms with van der Waals surface area (Å²) >= 11 is 0. The Balaban J connectivity index is 1.73. The van der Waals surface area contributed by atoms with E-state index in [1.807, 2.05) is 12.2 Å². The van der Waals surface area contributed by atoms with Gasteiger partial charge in [-0.2, -0.15) is 0 Å². The summed E-state index contributed by atoms with van der Waals surface area (Å²) in [6.45, 7) is 1.74. The van der Waals surface area contributed by atoms with Crippen molar-refractivity contribution in [2.45, 2.75) is 25.7 Å². The minimum absolute atomic E-state index is 0.0427. The van der Waals surface area contributed by atoms with E-state index in [1.54, 1.807) is 6.92 Å². The average Bonchev–Trinajstić information content (AvgIpc) is 2.93. The third-order valence-corrected chi connectivity index (χ3v) is 3.22. The summed E-state index contributed by atoms with van der Waals surface area (Å²) in [4.78, 5) is 22.6. The second kappa shape index (κ2) is 4.01. The normalized spacial score (nSPS) is 35.5. The molecule has 0 spiro atoms. The maximum atomic E-state index is 11.6. The topological polar surface area (TPSA) is 61.8 Å². The maximum Gasteiger partial charge on any atom is 0.338 e. The number of hydrogen-bond donors (Lipinski definition) is 0. The van der Waals surface area contributed by atoms with Crippen molar-refractivity contribution >= 4 is 11.9 Å². The van der Waals surface area contributed by atoms with Gasteiger partial charge in [-0.3, -0.25) is 0 Å². The number of carbonyl (C=O) groups excluding carboxylic acids is 2. The van der Waals surface area contributed by atoms with E-state index in [0.717, 1.165) is 6.42 Å². The second-order valence-electron chi connectivity index (χ2n) is 4.50. The van der Waals surface area contributed by atoms with Gasteiger partial charge >= 0.3 is 11.9 Å². The van der Waals surface area contributed by atoms with E-state index in [4.69, 9.17) is 14.2 Å². The lowest BCUT2D eigenvalue weighted by molar-refractivity contribution is -0.152. The Kier molecular flexibility index (Phi) is 2.47. The zero-order valence-corrected chi connectivity index (χ0v) is 9.79. The number of cyclic esters (lactones) is 1. The molecule has 0 N–H and O–H groups in total. The van der Waals surface area contributed by atoms with Gasteiger partial charge in [0, 0.05) is 24.0 Å². The van der Waals surface area contributed by atoms with E-state index in [1.165, 1.54) is 12.3 Å². The number of hydrogen-bond acceptors (Lipinski definition) is 5. The molecule has 5 nitrogen and oxygen atoms in total. The van der Waals surface area contributed by atoms with Crippen LogP contribution in [0.3, 0.4) is 0 Å². The predicted molar refractivity (Wildman–Crippen MR) is 59.9 cm³/mol. The summed E-state index contributed by atoms with van der Waals surface area (Å²) in [7, 11) is 0. The molecule has 0 amide bonds. The van der Waals surface area contributed by atoms with Gasteiger partial charge in [0.25, 0.3) is 6.29 Å². The largest absolute Gasteiger partial charge is 0.458 e. The molecule has 3 atom stereocenters. The molecule has 3 aliphatic rings. The lowest BCUT2D eigenvalue weighted by Crippen LogP contribution is -2.14. The highest BCUT2D eigenvalue weighted by molar-refractivity contribution is 5.92. The molecular weight excluding hydrogens is 236 g/mol.